The average molecular weight is 296 g/mol. The van der Waals surface area contributed by atoms with E-state index in [1.807, 2.05) is 24.3 Å². The monoisotopic (exact) mass is 296 g/mol. The number of nitrogens with one attached hydrogen (secondary N) is 2. The van der Waals surface area contributed by atoms with Gasteiger partial charge in [-0.2, -0.15) is 0 Å². The van der Waals surface area contributed by atoms with E-state index < -0.39 is 17.4 Å². The fraction of sp³-hybridized carbons (Fsp3) is 0.429. The number of aliphatic hydroxyl groups excluding tert-OH is 1. The quantitative estimate of drug-likeness (QED) is 0.727. The molecule has 6 heteroatoms. The van der Waals surface area contributed by atoms with Crippen LogP contribution < -0.4 is 10.6 Å². The first kappa shape index (κ1) is 16.5. The molecule has 0 heterocycles. The Balaban J connectivity index is 2.61. The van der Waals surface area contributed by atoms with Gasteiger partial charge >= 0.3 is 6.03 Å². The molecular weight excluding hydrogens is 276 g/mol. The van der Waals surface area contributed by atoms with Crippen molar-refractivity contribution in [2.24, 2.45) is 0 Å². The minimum atomic E-state index is -0.546. The Hall–Kier alpha value is -1.53. The van der Waals surface area contributed by atoms with Crippen LogP contribution in [0.3, 0.4) is 0 Å². The van der Waals surface area contributed by atoms with Gasteiger partial charge in [-0.3, -0.25) is 10.1 Å². The average Bonchev–Trinajstić information content (AvgIpc) is 2.39. The van der Waals surface area contributed by atoms with E-state index in [9.17, 15) is 14.7 Å². The van der Waals surface area contributed by atoms with Gasteiger partial charge in [-0.25, -0.2) is 4.79 Å². The number of hydrogen-bond donors (Lipinski definition) is 3. The fourth-order valence-corrected chi connectivity index (χ4v) is 2.46. The molecule has 0 saturated carbocycles. The van der Waals surface area contributed by atoms with Gasteiger partial charge in [0.05, 0.1) is 11.4 Å². The second-order valence-corrected chi connectivity index (χ2v) is 5.77. The predicted octanol–water partition coefficient (Wildman–Crippen LogP) is 2.07. The van der Waals surface area contributed by atoms with E-state index in [1.165, 1.54) is 11.8 Å². The van der Waals surface area contributed by atoms with Crippen LogP contribution in [0.1, 0.15) is 32.4 Å². The Bertz CT molecular complexity index is 477. The van der Waals surface area contributed by atoms with Crippen molar-refractivity contribution < 1.29 is 14.7 Å². The highest BCUT2D eigenvalue weighted by atomic mass is 32.2. The number of benzene rings is 1. The van der Waals surface area contributed by atoms with E-state index in [2.05, 4.69) is 10.6 Å². The first-order chi connectivity index (χ1) is 9.43. The Morgan fingerprint density at radius 3 is 2.65 bits per heavy atom. The second kappa shape index (κ2) is 7.91. The summed E-state index contributed by atoms with van der Waals surface area (Å²) < 4.78 is 0. The molecule has 0 bridgehead atoms. The molecule has 5 nitrogen and oxygen atoms in total. The maximum Gasteiger partial charge on any atom is 0.321 e. The van der Waals surface area contributed by atoms with Crippen molar-refractivity contribution in [3.8, 4) is 0 Å². The standard InChI is InChI=1S/C14H20N2O3S/c1-4-15-14(19)16-13(18)10(3)20-12-7-5-6-11(8-12)9(2)17/h5-10,17H,4H2,1-3H3,(H2,15,16,18,19). The summed E-state index contributed by atoms with van der Waals surface area (Å²) in [6.07, 6.45) is -0.546. The Labute approximate surface area is 123 Å². The van der Waals surface area contributed by atoms with Gasteiger partial charge in [-0.15, -0.1) is 11.8 Å². The van der Waals surface area contributed by atoms with Gasteiger partial charge in [-0.1, -0.05) is 12.1 Å². The van der Waals surface area contributed by atoms with Gasteiger partial charge in [0.15, 0.2) is 0 Å². The van der Waals surface area contributed by atoms with Crippen LogP contribution in [0.5, 0.6) is 0 Å². The van der Waals surface area contributed by atoms with Gasteiger partial charge in [0.1, 0.15) is 0 Å². The number of carbonyl (C=O) groups excluding carboxylic acids is 2. The number of amides is 3. The van der Waals surface area contributed by atoms with E-state index in [0.717, 1.165) is 10.5 Å². The molecule has 0 aliphatic rings. The van der Waals surface area contributed by atoms with E-state index in [4.69, 9.17) is 0 Å². The molecule has 1 aromatic carbocycles. The lowest BCUT2D eigenvalue weighted by Gasteiger charge is -2.12. The zero-order valence-corrected chi connectivity index (χ0v) is 12.7. The number of carbonyl (C=O) groups is 2. The molecule has 0 fully saturated rings. The van der Waals surface area contributed by atoms with Crippen LogP contribution in [-0.4, -0.2) is 28.8 Å². The van der Waals surface area contributed by atoms with Gasteiger partial charge in [0.2, 0.25) is 5.91 Å². The van der Waals surface area contributed by atoms with Crippen LogP contribution in [0, 0.1) is 0 Å². The van der Waals surface area contributed by atoms with Crippen LogP contribution in [-0.2, 0) is 4.79 Å². The number of urea groups is 1. The molecule has 2 atom stereocenters. The topological polar surface area (TPSA) is 78.4 Å². The summed E-state index contributed by atoms with van der Waals surface area (Å²) in [7, 11) is 0. The van der Waals surface area contributed by atoms with Crippen molar-refractivity contribution in [2.75, 3.05) is 6.54 Å². The molecule has 3 amide bonds. The third-order valence-corrected chi connectivity index (χ3v) is 3.69. The van der Waals surface area contributed by atoms with Crippen molar-refractivity contribution in [1.29, 1.82) is 0 Å². The van der Waals surface area contributed by atoms with E-state index in [1.54, 1.807) is 20.8 Å². The highest BCUT2D eigenvalue weighted by molar-refractivity contribution is 8.00. The summed E-state index contributed by atoms with van der Waals surface area (Å²) in [5, 5.41) is 13.9. The minimum absolute atomic E-state index is 0.344. The number of thioether (sulfide) groups is 1. The SMILES string of the molecule is CCNC(=O)NC(=O)C(C)Sc1cccc(C(C)O)c1. The van der Waals surface area contributed by atoms with Crippen LogP contribution in [0.4, 0.5) is 4.79 Å². The normalized spacial score (nSPS) is 13.4. The van der Waals surface area contributed by atoms with Gasteiger partial charge in [0, 0.05) is 11.4 Å². The molecule has 3 N–H and O–H groups in total. The maximum atomic E-state index is 11.8. The Morgan fingerprint density at radius 1 is 1.35 bits per heavy atom. The third-order valence-electron chi connectivity index (χ3n) is 2.60. The number of hydrogen-bond acceptors (Lipinski definition) is 4. The number of rotatable bonds is 5. The lowest BCUT2D eigenvalue weighted by molar-refractivity contribution is -0.119. The zero-order valence-electron chi connectivity index (χ0n) is 11.8. The molecule has 2 unspecified atom stereocenters. The Morgan fingerprint density at radius 2 is 2.05 bits per heavy atom. The maximum absolute atomic E-state index is 11.8. The van der Waals surface area contributed by atoms with E-state index in [-0.39, 0.29) is 5.91 Å². The van der Waals surface area contributed by atoms with E-state index >= 15 is 0 Å². The van der Waals surface area contributed by atoms with Crippen molar-refractivity contribution in [3.63, 3.8) is 0 Å². The smallest absolute Gasteiger partial charge is 0.321 e. The molecule has 0 spiro atoms. The summed E-state index contributed by atoms with van der Waals surface area (Å²) in [5.74, 6) is -0.344. The lowest BCUT2D eigenvalue weighted by atomic mass is 10.1. The van der Waals surface area contributed by atoms with Crippen molar-refractivity contribution >= 4 is 23.7 Å². The molecule has 0 saturated heterocycles. The fourth-order valence-electron chi connectivity index (χ4n) is 1.52. The van der Waals surface area contributed by atoms with Crippen molar-refractivity contribution in [1.82, 2.24) is 10.6 Å². The van der Waals surface area contributed by atoms with Crippen LogP contribution in [0.25, 0.3) is 0 Å². The molecule has 0 radical (unpaired) electrons. The van der Waals surface area contributed by atoms with Gasteiger partial charge in [0.25, 0.3) is 0 Å². The molecule has 1 rings (SSSR count). The molecular formula is C14H20N2O3S. The summed E-state index contributed by atoms with van der Waals surface area (Å²) >= 11 is 1.34. The summed E-state index contributed by atoms with van der Waals surface area (Å²) in [5.41, 5.74) is 0.798. The Kier molecular flexibility index (Phi) is 6.54. The first-order valence-corrected chi connectivity index (χ1v) is 7.35. The lowest BCUT2D eigenvalue weighted by Crippen LogP contribution is -2.42. The summed E-state index contributed by atoms with van der Waals surface area (Å²) in [4.78, 5) is 24.0. The molecule has 0 aromatic heterocycles. The molecule has 20 heavy (non-hydrogen) atoms. The van der Waals surface area contributed by atoms with Crippen LogP contribution >= 0.6 is 11.8 Å². The zero-order chi connectivity index (χ0) is 15.1. The largest absolute Gasteiger partial charge is 0.389 e. The number of imide groups is 1. The molecule has 0 aliphatic heterocycles. The minimum Gasteiger partial charge on any atom is -0.389 e. The molecule has 110 valence electrons. The molecule has 1 aromatic rings. The second-order valence-electron chi connectivity index (χ2n) is 4.36. The van der Waals surface area contributed by atoms with Gasteiger partial charge < -0.3 is 10.4 Å². The predicted molar refractivity (Wildman–Crippen MR) is 79.6 cm³/mol. The highest BCUT2D eigenvalue weighted by Gasteiger charge is 2.17. The first-order valence-electron chi connectivity index (χ1n) is 6.47. The van der Waals surface area contributed by atoms with Gasteiger partial charge in [-0.05, 0) is 38.5 Å². The third kappa shape index (κ3) is 5.22. The van der Waals surface area contributed by atoms with Crippen LogP contribution in [0.15, 0.2) is 29.2 Å². The summed E-state index contributed by atoms with van der Waals surface area (Å²) in [6.45, 7) is 5.67. The van der Waals surface area contributed by atoms with Crippen molar-refractivity contribution in [2.45, 2.75) is 37.0 Å². The number of aliphatic hydroxyl groups is 1. The van der Waals surface area contributed by atoms with Crippen LogP contribution in [0.2, 0.25) is 0 Å². The van der Waals surface area contributed by atoms with E-state index in [0.29, 0.717) is 6.54 Å². The van der Waals surface area contributed by atoms with Crippen molar-refractivity contribution in [3.05, 3.63) is 29.8 Å². The summed E-state index contributed by atoms with van der Waals surface area (Å²) in [6, 6.07) is 6.88. The highest BCUT2D eigenvalue weighted by Crippen LogP contribution is 2.26. The molecule has 0 aliphatic carbocycles.